The third-order valence-electron chi connectivity index (χ3n) is 2.45. The fraction of sp³-hybridized carbons (Fsp3) is 0.214. The molecule has 0 spiro atoms. The number of hydrogen-bond donors (Lipinski definition) is 0. The highest BCUT2D eigenvalue weighted by molar-refractivity contribution is 5.89. The number of rotatable bonds is 3. The highest BCUT2D eigenvalue weighted by Gasteiger charge is 2.12. The molecule has 0 aliphatic carbocycles. The Balaban J connectivity index is 1.94. The molecule has 16 heavy (non-hydrogen) atoms. The van der Waals surface area contributed by atoms with Crippen molar-refractivity contribution in [3.05, 3.63) is 53.6 Å². The maximum Gasteiger partial charge on any atom is 0.334 e. The summed E-state index contributed by atoms with van der Waals surface area (Å²) in [7, 11) is 0. The molecule has 0 amide bonds. The minimum absolute atomic E-state index is 0.177. The third-order valence-corrected chi connectivity index (χ3v) is 2.45. The van der Waals surface area contributed by atoms with Crippen LogP contribution in [-0.4, -0.2) is 12.6 Å². The predicted molar refractivity (Wildman–Crippen MR) is 63.8 cm³/mol. The van der Waals surface area contributed by atoms with Gasteiger partial charge in [-0.05, 0) is 12.0 Å². The molecule has 0 saturated heterocycles. The van der Waals surface area contributed by atoms with E-state index in [9.17, 15) is 4.79 Å². The van der Waals surface area contributed by atoms with Crippen LogP contribution in [0.3, 0.4) is 0 Å². The first-order valence-electron chi connectivity index (χ1n) is 5.44. The van der Waals surface area contributed by atoms with Crippen molar-refractivity contribution in [3.8, 4) is 0 Å². The number of hydrogen-bond acceptors (Lipinski definition) is 2. The molecule has 1 heterocycles. The van der Waals surface area contributed by atoms with Gasteiger partial charge in [0.25, 0.3) is 0 Å². The molecule has 0 saturated carbocycles. The summed E-state index contributed by atoms with van der Waals surface area (Å²) in [5.41, 5.74) is 1.91. The molecule has 0 fully saturated rings. The van der Waals surface area contributed by atoms with Crippen LogP contribution in [0.4, 0.5) is 0 Å². The summed E-state index contributed by atoms with van der Waals surface area (Å²) < 4.78 is 4.95. The van der Waals surface area contributed by atoms with Crippen molar-refractivity contribution in [2.75, 3.05) is 6.61 Å². The Kier molecular flexibility index (Phi) is 3.54. The molecule has 82 valence electrons. The summed E-state index contributed by atoms with van der Waals surface area (Å²) in [5.74, 6) is -0.177. The van der Waals surface area contributed by atoms with E-state index in [2.05, 4.69) is 0 Å². The van der Waals surface area contributed by atoms with E-state index in [1.807, 2.05) is 48.6 Å². The van der Waals surface area contributed by atoms with E-state index in [1.165, 1.54) is 0 Å². The SMILES string of the molecule is O=C1OCCC=C1C/C=C/c1ccccc1. The van der Waals surface area contributed by atoms with Gasteiger partial charge in [-0.1, -0.05) is 48.6 Å². The lowest BCUT2D eigenvalue weighted by atomic mass is 10.1. The Bertz CT molecular complexity index is 416. The smallest absolute Gasteiger partial charge is 0.334 e. The van der Waals surface area contributed by atoms with Crippen LogP contribution < -0.4 is 0 Å². The van der Waals surface area contributed by atoms with E-state index in [0.717, 1.165) is 17.6 Å². The van der Waals surface area contributed by atoms with E-state index in [1.54, 1.807) is 0 Å². The number of carbonyl (C=O) groups is 1. The van der Waals surface area contributed by atoms with Crippen molar-refractivity contribution in [2.45, 2.75) is 12.8 Å². The normalized spacial score (nSPS) is 16.0. The average Bonchev–Trinajstić information content (AvgIpc) is 2.33. The van der Waals surface area contributed by atoms with Gasteiger partial charge in [-0.25, -0.2) is 4.79 Å². The maximum absolute atomic E-state index is 11.3. The molecular weight excluding hydrogens is 200 g/mol. The lowest BCUT2D eigenvalue weighted by Crippen LogP contribution is -2.13. The monoisotopic (exact) mass is 214 g/mol. The van der Waals surface area contributed by atoms with Crippen LogP contribution in [0.1, 0.15) is 18.4 Å². The van der Waals surface area contributed by atoms with Gasteiger partial charge >= 0.3 is 5.97 Å². The van der Waals surface area contributed by atoms with Crippen LogP contribution >= 0.6 is 0 Å². The Morgan fingerprint density at radius 1 is 1.25 bits per heavy atom. The van der Waals surface area contributed by atoms with E-state index in [4.69, 9.17) is 4.74 Å². The summed E-state index contributed by atoms with van der Waals surface area (Å²) in [6.07, 6.45) is 7.45. The van der Waals surface area contributed by atoms with Gasteiger partial charge in [0.1, 0.15) is 0 Å². The Labute approximate surface area is 95.2 Å². The van der Waals surface area contributed by atoms with E-state index in [0.29, 0.717) is 13.0 Å². The average molecular weight is 214 g/mol. The summed E-state index contributed by atoms with van der Waals surface area (Å²) >= 11 is 0. The van der Waals surface area contributed by atoms with Crippen molar-refractivity contribution in [1.82, 2.24) is 0 Å². The first-order valence-corrected chi connectivity index (χ1v) is 5.44. The Morgan fingerprint density at radius 3 is 2.81 bits per heavy atom. The van der Waals surface area contributed by atoms with Gasteiger partial charge in [0.2, 0.25) is 0 Å². The molecule has 0 radical (unpaired) electrons. The number of esters is 1. The molecular formula is C14H14O2. The highest BCUT2D eigenvalue weighted by Crippen LogP contribution is 2.13. The van der Waals surface area contributed by atoms with Gasteiger partial charge in [0.05, 0.1) is 6.61 Å². The lowest BCUT2D eigenvalue weighted by Gasteiger charge is -2.10. The standard InChI is InChI=1S/C14H14O2/c15-14-13(10-5-11-16-14)9-4-8-12-6-2-1-3-7-12/h1-4,6-8,10H,5,9,11H2/b8-4+. The molecule has 2 heteroatoms. The van der Waals surface area contributed by atoms with Crippen LogP contribution in [0.15, 0.2) is 48.1 Å². The maximum atomic E-state index is 11.3. The van der Waals surface area contributed by atoms with Gasteiger partial charge in [-0.2, -0.15) is 0 Å². The van der Waals surface area contributed by atoms with E-state index >= 15 is 0 Å². The van der Waals surface area contributed by atoms with Crippen LogP contribution in [0, 0.1) is 0 Å². The first-order chi connectivity index (χ1) is 7.86. The zero-order valence-corrected chi connectivity index (χ0v) is 9.06. The molecule has 1 aliphatic rings. The van der Waals surface area contributed by atoms with Crippen LogP contribution in [-0.2, 0) is 9.53 Å². The molecule has 0 aromatic heterocycles. The number of cyclic esters (lactones) is 1. The largest absolute Gasteiger partial charge is 0.462 e. The topological polar surface area (TPSA) is 26.3 Å². The van der Waals surface area contributed by atoms with Crippen molar-refractivity contribution in [2.24, 2.45) is 0 Å². The summed E-state index contributed by atoms with van der Waals surface area (Å²) in [6.45, 7) is 0.519. The number of benzene rings is 1. The summed E-state index contributed by atoms with van der Waals surface area (Å²) in [6, 6.07) is 10.0. The lowest BCUT2D eigenvalue weighted by molar-refractivity contribution is -0.139. The first kappa shape index (κ1) is 10.7. The van der Waals surface area contributed by atoms with Gasteiger partial charge in [0.15, 0.2) is 0 Å². The Morgan fingerprint density at radius 2 is 2.06 bits per heavy atom. The second kappa shape index (κ2) is 5.31. The van der Waals surface area contributed by atoms with Crippen LogP contribution in [0.25, 0.3) is 6.08 Å². The fourth-order valence-electron chi connectivity index (χ4n) is 1.61. The van der Waals surface area contributed by atoms with Crippen molar-refractivity contribution < 1.29 is 9.53 Å². The second-order valence-corrected chi connectivity index (χ2v) is 3.67. The van der Waals surface area contributed by atoms with Crippen molar-refractivity contribution in [1.29, 1.82) is 0 Å². The van der Waals surface area contributed by atoms with Gasteiger partial charge < -0.3 is 4.74 Å². The van der Waals surface area contributed by atoms with E-state index < -0.39 is 0 Å². The van der Waals surface area contributed by atoms with Crippen LogP contribution in [0.5, 0.6) is 0 Å². The summed E-state index contributed by atoms with van der Waals surface area (Å²) in [4.78, 5) is 11.3. The molecule has 1 aromatic rings. The molecule has 0 N–H and O–H groups in total. The predicted octanol–water partition coefficient (Wildman–Crippen LogP) is 2.96. The van der Waals surface area contributed by atoms with E-state index in [-0.39, 0.29) is 5.97 Å². The zero-order chi connectivity index (χ0) is 11.2. The molecule has 0 bridgehead atoms. The van der Waals surface area contributed by atoms with Crippen LogP contribution in [0.2, 0.25) is 0 Å². The number of allylic oxidation sites excluding steroid dienone is 1. The molecule has 0 unspecified atom stereocenters. The van der Waals surface area contributed by atoms with Gasteiger partial charge in [-0.15, -0.1) is 0 Å². The van der Waals surface area contributed by atoms with Gasteiger partial charge in [-0.3, -0.25) is 0 Å². The van der Waals surface area contributed by atoms with Crippen molar-refractivity contribution >= 4 is 12.0 Å². The molecule has 2 rings (SSSR count). The second-order valence-electron chi connectivity index (χ2n) is 3.67. The number of carbonyl (C=O) groups excluding carboxylic acids is 1. The minimum atomic E-state index is -0.177. The molecule has 0 atom stereocenters. The van der Waals surface area contributed by atoms with Gasteiger partial charge in [0, 0.05) is 12.0 Å². The summed E-state index contributed by atoms with van der Waals surface area (Å²) in [5, 5.41) is 0. The molecule has 1 aliphatic heterocycles. The zero-order valence-electron chi connectivity index (χ0n) is 9.06. The third kappa shape index (κ3) is 2.83. The molecule has 2 nitrogen and oxygen atoms in total. The molecule has 1 aromatic carbocycles. The highest BCUT2D eigenvalue weighted by atomic mass is 16.5. The Hall–Kier alpha value is -1.83. The number of ether oxygens (including phenoxy) is 1. The fourth-order valence-corrected chi connectivity index (χ4v) is 1.61. The van der Waals surface area contributed by atoms with Crippen molar-refractivity contribution in [3.63, 3.8) is 0 Å². The minimum Gasteiger partial charge on any atom is -0.462 e. The quantitative estimate of drug-likeness (QED) is 0.723.